The van der Waals surface area contributed by atoms with E-state index in [1.807, 2.05) is 19.1 Å². The summed E-state index contributed by atoms with van der Waals surface area (Å²) in [5.74, 6) is 1.56. The highest BCUT2D eigenvalue weighted by atomic mass is 16.5. The van der Waals surface area contributed by atoms with Gasteiger partial charge in [0, 0.05) is 18.8 Å². The molecule has 0 N–H and O–H groups in total. The van der Waals surface area contributed by atoms with Crippen LogP contribution in [-0.4, -0.2) is 30.1 Å². The van der Waals surface area contributed by atoms with E-state index in [0.717, 1.165) is 18.3 Å². The maximum Gasteiger partial charge on any atom is 0.339 e. The molecule has 0 spiro atoms. The summed E-state index contributed by atoms with van der Waals surface area (Å²) >= 11 is 0. The predicted molar refractivity (Wildman–Crippen MR) is 82.5 cm³/mol. The number of fused-ring (bicyclic) bond motifs is 1. The Morgan fingerprint density at radius 1 is 1.29 bits per heavy atom. The van der Waals surface area contributed by atoms with E-state index >= 15 is 0 Å². The van der Waals surface area contributed by atoms with Crippen LogP contribution in [0.15, 0.2) is 18.3 Å². The Bertz CT molecular complexity index is 484. The van der Waals surface area contributed by atoms with Crippen LogP contribution in [0.3, 0.4) is 0 Å². The molecule has 1 aromatic rings. The van der Waals surface area contributed by atoms with Gasteiger partial charge in [-0.2, -0.15) is 0 Å². The molecular formula is C17H24N2O2. The Hall–Kier alpha value is -1.58. The molecule has 1 aliphatic heterocycles. The first-order valence-electron chi connectivity index (χ1n) is 8.19. The van der Waals surface area contributed by atoms with Gasteiger partial charge in [0.05, 0.1) is 12.2 Å². The van der Waals surface area contributed by atoms with Crippen molar-refractivity contribution in [3.8, 4) is 0 Å². The fourth-order valence-electron chi connectivity index (χ4n) is 3.80. The third-order valence-electron chi connectivity index (χ3n) is 4.80. The first-order chi connectivity index (χ1) is 10.3. The number of ether oxygens (including phenoxy) is 1. The minimum Gasteiger partial charge on any atom is -0.462 e. The topological polar surface area (TPSA) is 42.4 Å². The van der Waals surface area contributed by atoms with E-state index in [1.165, 1.54) is 38.5 Å². The van der Waals surface area contributed by atoms with Crippen LogP contribution < -0.4 is 4.90 Å². The third-order valence-corrected chi connectivity index (χ3v) is 4.80. The zero-order chi connectivity index (χ0) is 14.7. The molecule has 114 valence electrons. The summed E-state index contributed by atoms with van der Waals surface area (Å²) < 4.78 is 5.01. The molecule has 0 unspecified atom stereocenters. The van der Waals surface area contributed by atoms with E-state index in [2.05, 4.69) is 9.88 Å². The van der Waals surface area contributed by atoms with Gasteiger partial charge >= 0.3 is 5.97 Å². The molecule has 2 atom stereocenters. The molecule has 3 rings (SSSR count). The minimum atomic E-state index is -0.286. The van der Waals surface area contributed by atoms with Gasteiger partial charge in [-0.3, -0.25) is 0 Å². The van der Waals surface area contributed by atoms with Gasteiger partial charge in [0.15, 0.2) is 0 Å². The molecule has 1 aliphatic carbocycles. The molecule has 0 amide bonds. The SMILES string of the molecule is CCOC(=O)c1ccc(N2CCC[C@H]3CCCC[C@H]32)nc1. The monoisotopic (exact) mass is 288 g/mol. The van der Waals surface area contributed by atoms with E-state index in [9.17, 15) is 4.79 Å². The molecule has 2 aliphatic rings. The quantitative estimate of drug-likeness (QED) is 0.799. The normalized spacial score (nSPS) is 25.3. The van der Waals surface area contributed by atoms with Crippen molar-refractivity contribution in [1.29, 1.82) is 0 Å². The molecule has 21 heavy (non-hydrogen) atoms. The van der Waals surface area contributed by atoms with Gasteiger partial charge < -0.3 is 9.64 Å². The first-order valence-corrected chi connectivity index (χ1v) is 8.19. The number of aromatic nitrogens is 1. The second-order valence-electron chi connectivity index (χ2n) is 6.07. The number of nitrogens with zero attached hydrogens (tertiary/aromatic N) is 2. The highest BCUT2D eigenvalue weighted by Crippen LogP contribution is 2.37. The summed E-state index contributed by atoms with van der Waals surface area (Å²) in [6.07, 6.45) is 9.63. The second-order valence-corrected chi connectivity index (χ2v) is 6.07. The van der Waals surface area contributed by atoms with Crippen molar-refractivity contribution in [1.82, 2.24) is 4.98 Å². The molecule has 4 heteroatoms. The molecule has 0 aromatic carbocycles. The van der Waals surface area contributed by atoms with Crippen molar-refractivity contribution in [3.63, 3.8) is 0 Å². The minimum absolute atomic E-state index is 0.286. The Kier molecular flexibility index (Phi) is 4.42. The van der Waals surface area contributed by atoms with Gasteiger partial charge in [-0.1, -0.05) is 12.8 Å². The Morgan fingerprint density at radius 3 is 2.86 bits per heavy atom. The number of piperidine rings is 1. The van der Waals surface area contributed by atoms with Crippen LogP contribution in [0.5, 0.6) is 0 Å². The number of rotatable bonds is 3. The Labute approximate surface area is 126 Å². The summed E-state index contributed by atoms with van der Waals surface area (Å²) in [5, 5.41) is 0. The van der Waals surface area contributed by atoms with Gasteiger partial charge in [-0.05, 0) is 50.7 Å². The highest BCUT2D eigenvalue weighted by Gasteiger charge is 2.33. The van der Waals surface area contributed by atoms with E-state index in [4.69, 9.17) is 4.74 Å². The zero-order valence-corrected chi connectivity index (χ0v) is 12.8. The fraction of sp³-hybridized carbons (Fsp3) is 0.647. The van der Waals surface area contributed by atoms with Crippen molar-refractivity contribution in [2.24, 2.45) is 5.92 Å². The smallest absolute Gasteiger partial charge is 0.339 e. The molecular weight excluding hydrogens is 264 g/mol. The van der Waals surface area contributed by atoms with Crippen LogP contribution >= 0.6 is 0 Å². The Morgan fingerprint density at radius 2 is 2.10 bits per heavy atom. The molecule has 0 radical (unpaired) electrons. The van der Waals surface area contributed by atoms with Crippen LogP contribution in [0, 0.1) is 5.92 Å². The summed E-state index contributed by atoms with van der Waals surface area (Å²) in [6, 6.07) is 4.46. The van der Waals surface area contributed by atoms with Crippen molar-refractivity contribution >= 4 is 11.8 Å². The van der Waals surface area contributed by atoms with E-state index in [-0.39, 0.29) is 5.97 Å². The number of hydrogen-bond acceptors (Lipinski definition) is 4. The molecule has 1 saturated heterocycles. The predicted octanol–water partition coefficient (Wildman–Crippen LogP) is 3.42. The van der Waals surface area contributed by atoms with Crippen molar-refractivity contribution < 1.29 is 9.53 Å². The summed E-state index contributed by atoms with van der Waals surface area (Å²) in [6.45, 7) is 3.31. The lowest BCUT2D eigenvalue weighted by atomic mass is 9.78. The van der Waals surface area contributed by atoms with Crippen LogP contribution in [0.25, 0.3) is 0 Å². The van der Waals surface area contributed by atoms with Crippen LogP contribution in [0.2, 0.25) is 0 Å². The molecule has 0 bridgehead atoms. The van der Waals surface area contributed by atoms with Crippen molar-refractivity contribution in [2.45, 2.75) is 51.5 Å². The highest BCUT2D eigenvalue weighted by molar-refractivity contribution is 5.89. The number of esters is 1. The molecule has 4 nitrogen and oxygen atoms in total. The molecule has 2 heterocycles. The maximum absolute atomic E-state index is 11.7. The summed E-state index contributed by atoms with van der Waals surface area (Å²) in [5.41, 5.74) is 0.540. The first kappa shape index (κ1) is 14.4. The van der Waals surface area contributed by atoms with Gasteiger partial charge in [-0.15, -0.1) is 0 Å². The van der Waals surface area contributed by atoms with Crippen LogP contribution in [0.4, 0.5) is 5.82 Å². The number of hydrogen-bond donors (Lipinski definition) is 0. The zero-order valence-electron chi connectivity index (χ0n) is 12.8. The lowest BCUT2D eigenvalue weighted by molar-refractivity contribution is 0.0526. The van der Waals surface area contributed by atoms with E-state index in [0.29, 0.717) is 18.2 Å². The van der Waals surface area contributed by atoms with E-state index < -0.39 is 0 Å². The number of carbonyl (C=O) groups is 1. The maximum atomic E-state index is 11.7. The lowest BCUT2D eigenvalue weighted by Crippen LogP contribution is -2.47. The number of anilines is 1. The second kappa shape index (κ2) is 6.46. The molecule has 1 saturated carbocycles. The van der Waals surface area contributed by atoms with Crippen LogP contribution in [-0.2, 0) is 4.74 Å². The summed E-state index contributed by atoms with van der Waals surface area (Å²) in [7, 11) is 0. The van der Waals surface area contributed by atoms with E-state index in [1.54, 1.807) is 6.20 Å². The standard InChI is InChI=1S/C17H24N2O2/c1-2-21-17(20)14-9-10-16(18-12-14)19-11-5-7-13-6-3-4-8-15(13)19/h9-10,12-13,15H,2-8,11H2,1H3/t13-,15-/m1/s1. The fourth-order valence-corrected chi connectivity index (χ4v) is 3.80. The average Bonchev–Trinajstić information content (AvgIpc) is 2.55. The number of pyridine rings is 1. The average molecular weight is 288 g/mol. The van der Waals surface area contributed by atoms with Gasteiger partial charge in [0.2, 0.25) is 0 Å². The van der Waals surface area contributed by atoms with Crippen molar-refractivity contribution in [3.05, 3.63) is 23.9 Å². The third kappa shape index (κ3) is 3.04. The van der Waals surface area contributed by atoms with Crippen molar-refractivity contribution in [2.75, 3.05) is 18.1 Å². The molecule has 2 fully saturated rings. The summed E-state index contributed by atoms with van der Waals surface area (Å²) in [4.78, 5) is 18.7. The van der Waals surface area contributed by atoms with Gasteiger partial charge in [0.1, 0.15) is 5.82 Å². The van der Waals surface area contributed by atoms with Gasteiger partial charge in [0.25, 0.3) is 0 Å². The number of carbonyl (C=O) groups excluding carboxylic acids is 1. The van der Waals surface area contributed by atoms with Gasteiger partial charge in [-0.25, -0.2) is 9.78 Å². The Balaban J connectivity index is 1.75. The molecule has 1 aromatic heterocycles. The lowest BCUT2D eigenvalue weighted by Gasteiger charge is -2.44. The largest absolute Gasteiger partial charge is 0.462 e. The van der Waals surface area contributed by atoms with Crippen LogP contribution in [0.1, 0.15) is 55.8 Å².